The lowest BCUT2D eigenvalue weighted by Crippen LogP contribution is -2.23. The number of ether oxygens (including phenoxy) is 2. The SMILES string of the molecule is CCCCC(CC)COC(=O)CC(C)C(=O)OCC(CC)CCCC.CCCCCCCCC(C)CCCCCC. The smallest absolute Gasteiger partial charge is 0.309 e. The third-order valence-electron chi connectivity index (χ3n) is 8.50. The highest BCUT2D eigenvalue weighted by Crippen LogP contribution is 2.18. The molecule has 0 aromatic carbocycles. The molecule has 0 fully saturated rings. The molecule has 0 aromatic rings. The van der Waals surface area contributed by atoms with Crippen LogP contribution in [0.3, 0.4) is 0 Å². The molecule has 0 saturated carbocycles. The molecule has 0 amide bonds. The van der Waals surface area contributed by atoms with Crippen molar-refractivity contribution in [2.45, 2.75) is 190 Å². The van der Waals surface area contributed by atoms with Crippen LogP contribution in [0.2, 0.25) is 0 Å². The van der Waals surface area contributed by atoms with Crippen molar-refractivity contribution < 1.29 is 19.1 Å². The van der Waals surface area contributed by atoms with Crippen LogP contribution in [0.15, 0.2) is 0 Å². The van der Waals surface area contributed by atoms with Crippen molar-refractivity contribution in [1.29, 1.82) is 0 Å². The molecule has 0 aliphatic heterocycles. The number of hydrogen-bond acceptors (Lipinski definition) is 4. The van der Waals surface area contributed by atoms with Crippen LogP contribution in [-0.4, -0.2) is 25.2 Å². The molecule has 4 heteroatoms. The Morgan fingerprint density at radius 3 is 1.39 bits per heavy atom. The van der Waals surface area contributed by atoms with E-state index in [1.54, 1.807) is 6.92 Å². The zero-order chi connectivity index (χ0) is 31.1. The van der Waals surface area contributed by atoms with E-state index >= 15 is 0 Å². The second-order valence-corrected chi connectivity index (χ2v) is 12.8. The molecule has 0 heterocycles. The summed E-state index contributed by atoms with van der Waals surface area (Å²) in [4.78, 5) is 24.0. The maximum Gasteiger partial charge on any atom is 0.309 e. The maximum atomic E-state index is 12.1. The van der Waals surface area contributed by atoms with Crippen molar-refractivity contribution >= 4 is 11.9 Å². The van der Waals surface area contributed by atoms with Gasteiger partial charge in [0.25, 0.3) is 0 Å². The number of carbonyl (C=O) groups excluding carboxylic acids is 2. The second-order valence-electron chi connectivity index (χ2n) is 12.8. The van der Waals surface area contributed by atoms with Crippen LogP contribution in [0.1, 0.15) is 190 Å². The van der Waals surface area contributed by atoms with Crippen molar-refractivity contribution in [2.75, 3.05) is 13.2 Å². The molecule has 4 atom stereocenters. The van der Waals surface area contributed by atoms with Gasteiger partial charge in [-0.1, -0.05) is 171 Å². The van der Waals surface area contributed by atoms with Gasteiger partial charge in [-0.05, 0) is 30.6 Å². The van der Waals surface area contributed by atoms with Gasteiger partial charge in [0.2, 0.25) is 0 Å². The molecule has 246 valence electrons. The van der Waals surface area contributed by atoms with E-state index in [0.717, 1.165) is 57.3 Å². The van der Waals surface area contributed by atoms with E-state index in [1.165, 1.54) is 77.0 Å². The van der Waals surface area contributed by atoms with E-state index in [0.29, 0.717) is 25.0 Å². The summed E-state index contributed by atoms with van der Waals surface area (Å²) in [5.41, 5.74) is 0. The summed E-state index contributed by atoms with van der Waals surface area (Å²) in [6.45, 7) is 18.3. The monoisotopic (exact) mass is 583 g/mol. The van der Waals surface area contributed by atoms with E-state index in [4.69, 9.17) is 9.47 Å². The van der Waals surface area contributed by atoms with E-state index in [-0.39, 0.29) is 18.4 Å². The zero-order valence-electron chi connectivity index (χ0n) is 29.2. The molecule has 0 aliphatic rings. The summed E-state index contributed by atoms with van der Waals surface area (Å²) < 4.78 is 10.8. The first-order valence-corrected chi connectivity index (χ1v) is 18.1. The van der Waals surface area contributed by atoms with Crippen LogP contribution in [-0.2, 0) is 19.1 Å². The number of hydrogen-bond donors (Lipinski definition) is 0. The Morgan fingerprint density at radius 2 is 0.927 bits per heavy atom. The van der Waals surface area contributed by atoms with Gasteiger partial charge in [0.1, 0.15) is 0 Å². The topological polar surface area (TPSA) is 52.6 Å². The van der Waals surface area contributed by atoms with E-state index in [9.17, 15) is 9.59 Å². The Kier molecular flexibility index (Phi) is 32.7. The summed E-state index contributed by atoms with van der Waals surface area (Å²) in [5.74, 6) is 0.805. The van der Waals surface area contributed by atoms with Crippen molar-refractivity contribution in [3.05, 3.63) is 0 Å². The van der Waals surface area contributed by atoms with E-state index < -0.39 is 5.92 Å². The summed E-state index contributed by atoms with van der Waals surface area (Å²) in [6.07, 6.45) is 26.3. The van der Waals surface area contributed by atoms with Gasteiger partial charge in [-0.2, -0.15) is 0 Å². The predicted molar refractivity (Wildman–Crippen MR) is 178 cm³/mol. The highest BCUT2D eigenvalue weighted by atomic mass is 16.5. The molecule has 0 aliphatic carbocycles. The Balaban J connectivity index is 0. The summed E-state index contributed by atoms with van der Waals surface area (Å²) in [5, 5.41) is 0. The molecular weight excluding hydrogens is 508 g/mol. The van der Waals surface area contributed by atoms with Crippen LogP contribution in [0.25, 0.3) is 0 Å². The summed E-state index contributed by atoms with van der Waals surface area (Å²) in [7, 11) is 0. The van der Waals surface area contributed by atoms with Gasteiger partial charge in [0.05, 0.1) is 25.6 Å². The van der Waals surface area contributed by atoms with Crippen molar-refractivity contribution in [3.63, 3.8) is 0 Å². The van der Waals surface area contributed by atoms with Crippen molar-refractivity contribution in [2.24, 2.45) is 23.7 Å². The minimum Gasteiger partial charge on any atom is -0.465 e. The van der Waals surface area contributed by atoms with Gasteiger partial charge in [0, 0.05) is 0 Å². The normalized spacial score (nSPS) is 14.0. The Morgan fingerprint density at radius 1 is 0.512 bits per heavy atom. The fourth-order valence-corrected chi connectivity index (χ4v) is 5.08. The molecule has 0 bridgehead atoms. The van der Waals surface area contributed by atoms with Gasteiger partial charge in [-0.3, -0.25) is 9.59 Å². The zero-order valence-corrected chi connectivity index (χ0v) is 29.2. The highest BCUT2D eigenvalue weighted by molar-refractivity contribution is 5.79. The molecule has 0 radical (unpaired) electrons. The lowest BCUT2D eigenvalue weighted by atomic mass is 9.96. The number of esters is 2. The van der Waals surface area contributed by atoms with Crippen LogP contribution in [0.5, 0.6) is 0 Å². The molecule has 4 unspecified atom stereocenters. The first-order chi connectivity index (χ1) is 19.8. The molecule has 4 nitrogen and oxygen atoms in total. The second kappa shape index (κ2) is 31.9. The predicted octanol–water partition coefficient (Wildman–Crippen LogP) is 11.9. The number of rotatable bonds is 27. The first kappa shape index (κ1) is 42.1. The van der Waals surface area contributed by atoms with Gasteiger partial charge < -0.3 is 9.47 Å². The van der Waals surface area contributed by atoms with Gasteiger partial charge >= 0.3 is 11.9 Å². The Bertz CT molecular complexity index is 561. The summed E-state index contributed by atoms with van der Waals surface area (Å²) >= 11 is 0. The number of unbranched alkanes of at least 4 members (excludes halogenated alkanes) is 10. The van der Waals surface area contributed by atoms with Crippen LogP contribution in [0.4, 0.5) is 0 Å². The highest BCUT2D eigenvalue weighted by Gasteiger charge is 2.21. The molecular formula is C37H74O4. The van der Waals surface area contributed by atoms with E-state index in [2.05, 4.69) is 48.5 Å². The van der Waals surface area contributed by atoms with Crippen molar-refractivity contribution in [1.82, 2.24) is 0 Å². The summed E-state index contributed by atoms with van der Waals surface area (Å²) in [6, 6.07) is 0. The molecule has 0 rings (SSSR count). The fraction of sp³-hybridized carbons (Fsp3) is 0.946. The molecule has 0 saturated heterocycles. The molecule has 0 spiro atoms. The van der Waals surface area contributed by atoms with Crippen LogP contribution >= 0.6 is 0 Å². The number of carbonyl (C=O) groups is 2. The maximum absolute atomic E-state index is 12.1. The lowest BCUT2D eigenvalue weighted by Gasteiger charge is -2.18. The van der Waals surface area contributed by atoms with Crippen LogP contribution < -0.4 is 0 Å². The molecule has 0 aromatic heterocycles. The van der Waals surface area contributed by atoms with Crippen molar-refractivity contribution in [3.8, 4) is 0 Å². The average molecular weight is 583 g/mol. The first-order valence-electron chi connectivity index (χ1n) is 18.1. The Hall–Kier alpha value is -1.06. The van der Waals surface area contributed by atoms with Crippen LogP contribution in [0, 0.1) is 23.7 Å². The molecule has 0 N–H and O–H groups in total. The third kappa shape index (κ3) is 28.8. The quantitative estimate of drug-likeness (QED) is 0.0714. The third-order valence-corrected chi connectivity index (χ3v) is 8.50. The lowest BCUT2D eigenvalue weighted by molar-refractivity contribution is -0.156. The van der Waals surface area contributed by atoms with Gasteiger partial charge in [-0.15, -0.1) is 0 Å². The fourth-order valence-electron chi connectivity index (χ4n) is 5.08. The Labute approximate surface area is 257 Å². The minimum absolute atomic E-state index is 0.106. The molecule has 41 heavy (non-hydrogen) atoms. The van der Waals surface area contributed by atoms with E-state index in [1.807, 2.05) is 0 Å². The largest absolute Gasteiger partial charge is 0.465 e. The average Bonchev–Trinajstić information content (AvgIpc) is 2.97. The standard InChI is InChI=1S/C21H40O4.C16H34/c1-6-10-12-18(8-3)15-24-20(22)14-17(5)21(23)25-16-19(9-4)13-11-7-2;1-4-6-8-10-11-13-15-16(3)14-12-9-7-5-2/h17-19H,6-16H2,1-5H3;16H,4-15H2,1-3H3. The van der Waals surface area contributed by atoms with Gasteiger partial charge in [0.15, 0.2) is 0 Å². The van der Waals surface area contributed by atoms with Gasteiger partial charge in [-0.25, -0.2) is 0 Å². The minimum atomic E-state index is -0.438.